The van der Waals surface area contributed by atoms with Gasteiger partial charge in [0.25, 0.3) is 5.56 Å². The van der Waals surface area contributed by atoms with E-state index in [-0.39, 0.29) is 5.56 Å². The normalized spacial score (nSPS) is 12.7. The molecule has 0 radical (unpaired) electrons. The summed E-state index contributed by atoms with van der Waals surface area (Å²) < 4.78 is 41.4. The number of hydrogen-bond donors (Lipinski definition) is 1. The van der Waals surface area contributed by atoms with Crippen LogP contribution in [0.3, 0.4) is 0 Å². The second-order valence-electron chi connectivity index (χ2n) is 8.29. The van der Waals surface area contributed by atoms with Crippen LogP contribution < -0.4 is 5.56 Å². The van der Waals surface area contributed by atoms with Crippen molar-refractivity contribution >= 4 is 38.1 Å². The molecule has 13 nitrogen and oxygen atoms in total. The number of carboxylic acid groups (broad SMARTS) is 1. The van der Waals surface area contributed by atoms with Crippen molar-refractivity contribution in [2.75, 3.05) is 0 Å². The van der Waals surface area contributed by atoms with E-state index in [4.69, 9.17) is 14.4 Å². The molecule has 4 aromatic heterocycles. The smallest absolute Gasteiger partial charge is 0.475 e. The first-order valence-electron chi connectivity index (χ1n) is 11.7. The Balaban J connectivity index is 0.000000448. The summed E-state index contributed by atoms with van der Waals surface area (Å²) in [4.78, 5) is 39.2. The van der Waals surface area contributed by atoms with Crippen LogP contribution in [-0.2, 0) is 30.6 Å². The van der Waals surface area contributed by atoms with Gasteiger partial charge in [-0.05, 0) is 22.4 Å². The Bertz CT molecular complexity index is 1560. The average molecular weight is 612 g/mol. The number of unbranched alkanes of at least 4 members (excludes halogenated alkanes) is 2. The topological polar surface area (TPSA) is 167 Å². The van der Waals surface area contributed by atoms with Crippen molar-refractivity contribution < 1.29 is 27.6 Å². The maximum absolute atomic E-state index is 13.2. The summed E-state index contributed by atoms with van der Waals surface area (Å²) in [6.07, 6.45) is 4.12. The lowest BCUT2D eigenvalue weighted by Gasteiger charge is -2.12. The summed E-state index contributed by atoms with van der Waals surface area (Å²) in [7, 11) is 0. The summed E-state index contributed by atoms with van der Waals surface area (Å²) in [6.45, 7) is 2.88. The first-order valence-corrected chi connectivity index (χ1v) is 12.5. The third-order valence-corrected chi connectivity index (χ3v) is 6.00. The summed E-state index contributed by atoms with van der Waals surface area (Å²) >= 11 is 3.45. The van der Waals surface area contributed by atoms with Gasteiger partial charge >= 0.3 is 12.1 Å². The Morgan fingerprint density at radius 2 is 1.97 bits per heavy atom. The Morgan fingerprint density at radius 3 is 2.64 bits per heavy atom. The summed E-state index contributed by atoms with van der Waals surface area (Å²) in [5, 5.41) is 19.7. The monoisotopic (exact) mass is 611 g/mol. The van der Waals surface area contributed by atoms with Crippen molar-refractivity contribution in [2.45, 2.75) is 58.2 Å². The predicted octanol–water partition coefficient (Wildman–Crippen LogP) is 3.32. The van der Waals surface area contributed by atoms with Crippen LogP contribution in [0, 0.1) is 0 Å². The van der Waals surface area contributed by atoms with Crippen molar-refractivity contribution in [3.8, 4) is 11.5 Å². The van der Waals surface area contributed by atoms with Crippen LogP contribution in [0.1, 0.15) is 43.5 Å². The number of aryl methyl sites for hydroxylation is 3. The number of fused-ring (bicyclic) bond motifs is 2. The lowest BCUT2D eigenvalue weighted by atomic mass is 10.2. The average Bonchev–Trinajstić information content (AvgIpc) is 3.64. The van der Waals surface area contributed by atoms with E-state index < -0.39 is 12.1 Å². The third kappa shape index (κ3) is 6.35. The molecule has 0 amide bonds. The molecule has 17 heteroatoms. The van der Waals surface area contributed by atoms with Crippen LogP contribution in [0.4, 0.5) is 19.0 Å². The minimum atomic E-state index is -5.08. The van der Waals surface area contributed by atoms with E-state index in [1.54, 1.807) is 23.0 Å². The van der Waals surface area contributed by atoms with Crippen molar-refractivity contribution in [2.24, 2.45) is 4.99 Å². The zero-order valence-electron chi connectivity index (χ0n) is 20.4. The highest BCUT2D eigenvalue weighted by molar-refractivity contribution is 9.18. The van der Waals surface area contributed by atoms with Gasteiger partial charge in [0.1, 0.15) is 17.3 Å². The number of aliphatic carboxylic acids is 1. The summed E-state index contributed by atoms with van der Waals surface area (Å²) in [6, 6.07) is 0. The SMILES string of the molecule is CCCCCn1c2c(c(=O)n3c(CCc4nc(-c5cnccn5)no4)nnc13)CC(Br)=N2.O=C(O)C(F)(F)F. The van der Waals surface area contributed by atoms with Gasteiger partial charge in [0, 0.05) is 38.2 Å². The van der Waals surface area contributed by atoms with Gasteiger partial charge in [0.15, 0.2) is 0 Å². The number of hydrogen-bond acceptors (Lipinski definition) is 10. The lowest BCUT2D eigenvalue weighted by molar-refractivity contribution is -0.192. The van der Waals surface area contributed by atoms with Crippen LogP contribution >= 0.6 is 15.9 Å². The van der Waals surface area contributed by atoms with Gasteiger partial charge in [-0.15, -0.1) is 10.2 Å². The van der Waals surface area contributed by atoms with Crippen LogP contribution in [0.5, 0.6) is 0 Å². The second kappa shape index (κ2) is 11.8. The van der Waals surface area contributed by atoms with E-state index in [0.29, 0.717) is 59.7 Å². The molecule has 0 unspecified atom stereocenters. The molecule has 206 valence electrons. The van der Waals surface area contributed by atoms with E-state index in [1.807, 2.05) is 4.57 Å². The van der Waals surface area contributed by atoms with E-state index in [0.717, 1.165) is 30.4 Å². The number of alkyl halides is 3. The van der Waals surface area contributed by atoms with Gasteiger partial charge in [0.2, 0.25) is 17.5 Å². The molecule has 0 bridgehead atoms. The maximum atomic E-state index is 13.2. The van der Waals surface area contributed by atoms with Gasteiger partial charge in [-0.1, -0.05) is 24.9 Å². The Kier molecular flexibility index (Phi) is 8.47. The van der Waals surface area contributed by atoms with Crippen molar-refractivity contribution in [1.82, 2.24) is 39.3 Å². The van der Waals surface area contributed by atoms with E-state index in [9.17, 15) is 18.0 Å². The fraction of sp³-hybridized carbons (Fsp3) is 0.409. The molecule has 0 atom stereocenters. The fourth-order valence-corrected chi connectivity index (χ4v) is 4.19. The minimum Gasteiger partial charge on any atom is -0.475 e. The molecule has 1 aliphatic heterocycles. The zero-order valence-corrected chi connectivity index (χ0v) is 22.0. The fourth-order valence-electron chi connectivity index (χ4n) is 3.74. The Morgan fingerprint density at radius 1 is 1.21 bits per heavy atom. The molecule has 5 heterocycles. The molecular formula is C22H21BrF3N9O4. The number of halogens is 4. The van der Waals surface area contributed by atoms with Crippen LogP contribution in [0.25, 0.3) is 17.3 Å². The second-order valence-corrected chi connectivity index (χ2v) is 9.20. The minimum absolute atomic E-state index is 0.134. The maximum Gasteiger partial charge on any atom is 0.490 e. The van der Waals surface area contributed by atoms with Gasteiger partial charge < -0.3 is 9.63 Å². The lowest BCUT2D eigenvalue weighted by Crippen LogP contribution is -2.24. The quantitative estimate of drug-likeness (QED) is 0.292. The number of aliphatic imine (C=N–C) groups is 1. The highest BCUT2D eigenvalue weighted by atomic mass is 79.9. The number of rotatable bonds is 8. The molecule has 0 aliphatic carbocycles. The van der Waals surface area contributed by atoms with E-state index >= 15 is 0 Å². The van der Waals surface area contributed by atoms with Crippen molar-refractivity contribution in [3.05, 3.63) is 46.2 Å². The third-order valence-electron chi connectivity index (χ3n) is 5.54. The molecule has 0 fully saturated rings. The Hall–Kier alpha value is -4.02. The van der Waals surface area contributed by atoms with Crippen molar-refractivity contribution in [1.29, 1.82) is 0 Å². The molecule has 0 saturated carbocycles. The molecule has 0 aromatic carbocycles. The molecule has 39 heavy (non-hydrogen) atoms. The number of aromatic nitrogens is 8. The van der Waals surface area contributed by atoms with E-state index in [1.165, 1.54) is 0 Å². The molecule has 0 spiro atoms. The summed E-state index contributed by atoms with van der Waals surface area (Å²) in [5.41, 5.74) is 1.06. The van der Waals surface area contributed by atoms with Gasteiger partial charge in [-0.3, -0.25) is 14.3 Å². The number of carbonyl (C=O) groups is 1. The van der Waals surface area contributed by atoms with Crippen LogP contribution in [-0.4, -0.2) is 61.1 Å². The first-order chi connectivity index (χ1) is 18.6. The zero-order chi connectivity index (χ0) is 28.2. The highest BCUT2D eigenvalue weighted by Crippen LogP contribution is 2.28. The number of nitrogens with zero attached hydrogens (tertiary/aromatic N) is 9. The molecule has 4 aromatic rings. The van der Waals surface area contributed by atoms with Crippen LogP contribution in [0.15, 0.2) is 32.9 Å². The molecule has 1 aliphatic rings. The molecule has 5 rings (SSSR count). The van der Waals surface area contributed by atoms with E-state index in [2.05, 4.69) is 58.2 Å². The largest absolute Gasteiger partial charge is 0.490 e. The predicted molar refractivity (Wildman–Crippen MR) is 133 cm³/mol. The highest BCUT2D eigenvalue weighted by Gasteiger charge is 2.38. The summed E-state index contributed by atoms with van der Waals surface area (Å²) in [5.74, 6) is -0.214. The molecular weight excluding hydrogens is 591 g/mol. The molecule has 1 N–H and O–H groups in total. The van der Waals surface area contributed by atoms with Crippen molar-refractivity contribution in [3.63, 3.8) is 0 Å². The van der Waals surface area contributed by atoms with Gasteiger partial charge in [-0.2, -0.15) is 18.2 Å². The molecule has 0 saturated heterocycles. The Labute approximate surface area is 226 Å². The first kappa shape index (κ1) is 28.0. The van der Waals surface area contributed by atoms with Gasteiger partial charge in [0.05, 0.1) is 16.4 Å². The van der Waals surface area contributed by atoms with Crippen LogP contribution in [0.2, 0.25) is 0 Å². The number of carboxylic acids is 1. The van der Waals surface area contributed by atoms with Gasteiger partial charge in [-0.25, -0.2) is 19.2 Å². The standard InChI is InChI=1S/C20H20BrN9O2.C2HF3O2/c1-2-3-4-9-29-18-12(10-14(21)24-18)19(31)30-15(26-27-20(29)30)5-6-16-25-17(28-32-16)13-11-22-7-8-23-13;3-2(4,5)1(6)7/h7-8,11H,2-6,9-10H2,1H3;(H,6,7).